The van der Waals surface area contributed by atoms with E-state index >= 15 is 0 Å². The summed E-state index contributed by atoms with van der Waals surface area (Å²) in [7, 11) is 0. The van der Waals surface area contributed by atoms with Crippen LogP contribution in [0.2, 0.25) is 0 Å². The summed E-state index contributed by atoms with van der Waals surface area (Å²) in [6.07, 6.45) is 0.292. The van der Waals surface area contributed by atoms with E-state index in [1.165, 1.54) is 6.07 Å². The third kappa shape index (κ3) is 4.00. The first-order valence-electron chi connectivity index (χ1n) is 5.79. The van der Waals surface area contributed by atoms with Crippen molar-refractivity contribution in [3.05, 3.63) is 29.3 Å². The Morgan fingerprint density at radius 2 is 2.16 bits per heavy atom. The Morgan fingerprint density at radius 1 is 1.47 bits per heavy atom. The van der Waals surface area contributed by atoms with E-state index in [2.05, 4.69) is 10.6 Å². The third-order valence-corrected chi connectivity index (χ3v) is 2.63. The zero-order chi connectivity index (χ0) is 14.4. The maximum atomic E-state index is 11.7. The lowest BCUT2D eigenvalue weighted by Crippen LogP contribution is -2.42. The van der Waals surface area contributed by atoms with Crippen LogP contribution in [0.5, 0.6) is 0 Å². The van der Waals surface area contributed by atoms with Crippen LogP contribution in [0.1, 0.15) is 24.5 Å². The fraction of sp³-hybridized carbons (Fsp3) is 0.308. The normalized spacial score (nSPS) is 11.2. The molecule has 6 heteroatoms. The van der Waals surface area contributed by atoms with Gasteiger partial charge in [-0.05, 0) is 31.0 Å². The predicted molar refractivity (Wildman–Crippen MR) is 69.8 cm³/mol. The molecule has 0 heterocycles. The summed E-state index contributed by atoms with van der Waals surface area (Å²) >= 11 is 0. The van der Waals surface area contributed by atoms with E-state index in [4.69, 9.17) is 10.4 Å². The number of aliphatic carboxylic acids is 1. The second-order valence-corrected chi connectivity index (χ2v) is 4.04. The first kappa shape index (κ1) is 14.5. The Bertz CT molecular complexity index is 534. The van der Waals surface area contributed by atoms with E-state index in [-0.39, 0.29) is 0 Å². The van der Waals surface area contributed by atoms with E-state index in [1.54, 1.807) is 26.0 Å². The summed E-state index contributed by atoms with van der Waals surface area (Å²) < 4.78 is 0. The number of amides is 2. The van der Waals surface area contributed by atoms with Gasteiger partial charge in [0.15, 0.2) is 0 Å². The van der Waals surface area contributed by atoms with E-state index in [1.807, 2.05) is 6.07 Å². The van der Waals surface area contributed by atoms with Crippen LogP contribution in [-0.2, 0) is 4.79 Å². The largest absolute Gasteiger partial charge is 0.480 e. The van der Waals surface area contributed by atoms with Gasteiger partial charge in [-0.1, -0.05) is 13.0 Å². The predicted octanol–water partition coefficient (Wildman–Crippen LogP) is 1.85. The summed E-state index contributed by atoms with van der Waals surface area (Å²) in [5.41, 5.74) is 1.69. The molecule has 0 fully saturated rings. The fourth-order valence-electron chi connectivity index (χ4n) is 1.48. The molecule has 0 saturated heterocycles. The van der Waals surface area contributed by atoms with Gasteiger partial charge in [-0.3, -0.25) is 0 Å². The molecule has 1 rings (SSSR count). The van der Waals surface area contributed by atoms with Crippen molar-refractivity contribution in [2.45, 2.75) is 26.3 Å². The number of urea groups is 1. The van der Waals surface area contributed by atoms with Gasteiger partial charge in [0.2, 0.25) is 0 Å². The minimum atomic E-state index is -1.08. The Balaban J connectivity index is 2.77. The molecule has 19 heavy (non-hydrogen) atoms. The number of anilines is 1. The summed E-state index contributed by atoms with van der Waals surface area (Å²) in [4.78, 5) is 22.5. The van der Waals surface area contributed by atoms with Crippen LogP contribution in [-0.4, -0.2) is 23.1 Å². The number of carbonyl (C=O) groups is 2. The van der Waals surface area contributed by atoms with Gasteiger partial charge in [0, 0.05) is 5.69 Å². The average Bonchev–Trinajstić information content (AvgIpc) is 2.38. The van der Waals surface area contributed by atoms with Crippen LogP contribution >= 0.6 is 0 Å². The summed E-state index contributed by atoms with van der Waals surface area (Å²) in [5, 5.41) is 22.5. The first-order chi connectivity index (χ1) is 8.97. The molecule has 0 spiro atoms. The molecule has 0 aliphatic heterocycles. The Kier molecular flexibility index (Phi) is 4.89. The highest BCUT2D eigenvalue weighted by Crippen LogP contribution is 2.16. The summed E-state index contributed by atoms with van der Waals surface area (Å²) in [6, 6.07) is 5.33. The van der Waals surface area contributed by atoms with E-state index in [9.17, 15) is 9.59 Å². The van der Waals surface area contributed by atoms with Crippen LogP contribution in [0.3, 0.4) is 0 Å². The van der Waals surface area contributed by atoms with Crippen LogP contribution in [0.4, 0.5) is 10.5 Å². The Labute approximate surface area is 111 Å². The van der Waals surface area contributed by atoms with E-state index in [0.29, 0.717) is 17.7 Å². The van der Waals surface area contributed by atoms with Crippen molar-refractivity contribution in [3.8, 4) is 6.07 Å². The molecule has 0 aromatic heterocycles. The molecule has 1 aromatic rings. The number of nitrogens with one attached hydrogen (secondary N) is 2. The highest BCUT2D eigenvalue weighted by molar-refractivity contribution is 5.93. The van der Waals surface area contributed by atoms with E-state index in [0.717, 1.165) is 5.56 Å². The highest BCUT2D eigenvalue weighted by Gasteiger charge is 2.17. The van der Waals surface area contributed by atoms with Crippen molar-refractivity contribution >= 4 is 17.7 Å². The maximum Gasteiger partial charge on any atom is 0.326 e. The van der Waals surface area contributed by atoms with Gasteiger partial charge in [-0.25, -0.2) is 9.59 Å². The molecule has 0 aliphatic rings. The quantitative estimate of drug-likeness (QED) is 0.769. The van der Waals surface area contributed by atoms with Gasteiger partial charge in [0.25, 0.3) is 0 Å². The van der Waals surface area contributed by atoms with Gasteiger partial charge in [0.05, 0.1) is 11.6 Å². The molecule has 0 saturated carbocycles. The summed E-state index contributed by atoms with van der Waals surface area (Å²) in [6.45, 7) is 3.45. The van der Waals surface area contributed by atoms with Gasteiger partial charge in [-0.15, -0.1) is 0 Å². The number of carboxylic acids is 1. The second-order valence-electron chi connectivity index (χ2n) is 4.04. The fourth-order valence-corrected chi connectivity index (χ4v) is 1.48. The van der Waals surface area contributed by atoms with Crippen molar-refractivity contribution < 1.29 is 14.7 Å². The van der Waals surface area contributed by atoms with Crippen molar-refractivity contribution in [2.24, 2.45) is 0 Å². The Morgan fingerprint density at radius 3 is 2.68 bits per heavy atom. The molecule has 6 nitrogen and oxygen atoms in total. The van der Waals surface area contributed by atoms with Gasteiger partial charge < -0.3 is 15.7 Å². The number of carboxylic acid groups (broad SMARTS) is 1. The topological polar surface area (TPSA) is 102 Å². The first-order valence-corrected chi connectivity index (χ1v) is 5.79. The number of hydrogen-bond acceptors (Lipinski definition) is 3. The highest BCUT2D eigenvalue weighted by atomic mass is 16.4. The molecule has 100 valence electrons. The molecular formula is C13H15N3O3. The molecule has 0 unspecified atom stereocenters. The molecule has 0 radical (unpaired) electrons. The van der Waals surface area contributed by atoms with Crippen molar-refractivity contribution in [3.63, 3.8) is 0 Å². The monoisotopic (exact) mass is 261 g/mol. The molecule has 1 aromatic carbocycles. The lowest BCUT2D eigenvalue weighted by atomic mass is 10.1. The number of hydrogen-bond donors (Lipinski definition) is 3. The molecule has 0 bridgehead atoms. The van der Waals surface area contributed by atoms with Crippen LogP contribution in [0, 0.1) is 18.3 Å². The van der Waals surface area contributed by atoms with E-state index < -0.39 is 18.0 Å². The second kappa shape index (κ2) is 6.40. The number of rotatable bonds is 4. The van der Waals surface area contributed by atoms with Crippen LogP contribution < -0.4 is 10.6 Å². The van der Waals surface area contributed by atoms with Crippen molar-refractivity contribution in [1.29, 1.82) is 5.26 Å². The van der Waals surface area contributed by atoms with Crippen LogP contribution in [0.15, 0.2) is 18.2 Å². The number of carbonyl (C=O) groups excluding carboxylic acids is 1. The lowest BCUT2D eigenvalue weighted by Gasteiger charge is -2.14. The molecular weight excluding hydrogens is 246 g/mol. The average molecular weight is 261 g/mol. The van der Waals surface area contributed by atoms with Gasteiger partial charge >= 0.3 is 12.0 Å². The van der Waals surface area contributed by atoms with Crippen molar-refractivity contribution in [1.82, 2.24) is 5.32 Å². The van der Waals surface area contributed by atoms with Crippen LogP contribution in [0.25, 0.3) is 0 Å². The number of aryl methyl sites for hydroxylation is 1. The minimum absolute atomic E-state index is 0.292. The molecule has 3 N–H and O–H groups in total. The lowest BCUT2D eigenvalue weighted by molar-refractivity contribution is -0.139. The SMILES string of the molecule is CC[C@H](NC(=O)Nc1cc(C#N)ccc1C)C(=O)O. The van der Waals surface area contributed by atoms with Gasteiger partial charge in [0.1, 0.15) is 6.04 Å². The maximum absolute atomic E-state index is 11.7. The zero-order valence-electron chi connectivity index (χ0n) is 10.7. The Hall–Kier alpha value is -2.55. The van der Waals surface area contributed by atoms with Crippen molar-refractivity contribution in [2.75, 3.05) is 5.32 Å². The standard InChI is InChI=1S/C13H15N3O3/c1-3-10(12(17)18)15-13(19)16-11-6-9(7-14)5-4-8(11)2/h4-6,10H,3H2,1-2H3,(H,17,18)(H2,15,16,19)/t10-/m0/s1. The molecule has 1 atom stereocenters. The summed E-state index contributed by atoms with van der Waals surface area (Å²) in [5.74, 6) is -1.08. The minimum Gasteiger partial charge on any atom is -0.480 e. The number of nitrogens with zero attached hydrogens (tertiary/aromatic N) is 1. The number of benzene rings is 1. The molecule has 0 aliphatic carbocycles. The molecule has 2 amide bonds. The number of nitriles is 1. The van der Waals surface area contributed by atoms with Gasteiger partial charge in [-0.2, -0.15) is 5.26 Å². The third-order valence-electron chi connectivity index (χ3n) is 2.63. The smallest absolute Gasteiger partial charge is 0.326 e. The zero-order valence-corrected chi connectivity index (χ0v) is 10.7.